The van der Waals surface area contributed by atoms with Crippen molar-refractivity contribution in [3.05, 3.63) is 47.7 Å². The van der Waals surface area contributed by atoms with Gasteiger partial charge in [-0.2, -0.15) is 0 Å². The molecule has 0 radical (unpaired) electrons. The minimum Gasteiger partial charge on any atom is -0.335 e. The summed E-state index contributed by atoms with van der Waals surface area (Å²) in [6, 6.07) is 12.0. The molecular formula is C18H21N5O. The SMILES string of the molecule is CN1CCN(C(=O)c2ccc(N3CCc4ccccc43)nn2)CC1. The number of nitrogens with zero attached hydrogens (tertiary/aromatic N) is 5. The van der Waals surface area contributed by atoms with Crippen molar-refractivity contribution in [1.82, 2.24) is 20.0 Å². The zero-order chi connectivity index (χ0) is 16.5. The second-order valence-electron chi connectivity index (χ2n) is 6.40. The second-order valence-corrected chi connectivity index (χ2v) is 6.40. The molecule has 0 atom stereocenters. The molecule has 2 aliphatic rings. The van der Waals surface area contributed by atoms with Crippen LogP contribution in [-0.4, -0.2) is 65.7 Å². The summed E-state index contributed by atoms with van der Waals surface area (Å²) < 4.78 is 0. The smallest absolute Gasteiger partial charge is 0.274 e. The first-order valence-electron chi connectivity index (χ1n) is 8.39. The molecule has 0 bridgehead atoms. The lowest BCUT2D eigenvalue weighted by molar-refractivity contribution is 0.0657. The number of amides is 1. The van der Waals surface area contributed by atoms with Gasteiger partial charge in [-0.3, -0.25) is 4.79 Å². The highest BCUT2D eigenvalue weighted by Crippen LogP contribution is 2.32. The number of benzene rings is 1. The molecule has 124 valence electrons. The first-order chi connectivity index (χ1) is 11.7. The summed E-state index contributed by atoms with van der Waals surface area (Å²) in [6.45, 7) is 4.21. The van der Waals surface area contributed by atoms with Crippen LogP contribution in [0, 0.1) is 0 Å². The fourth-order valence-electron chi connectivity index (χ4n) is 3.33. The van der Waals surface area contributed by atoms with Gasteiger partial charge in [0.1, 0.15) is 0 Å². The number of fused-ring (bicyclic) bond motifs is 1. The molecule has 0 spiro atoms. The van der Waals surface area contributed by atoms with Crippen LogP contribution in [0.1, 0.15) is 16.1 Å². The summed E-state index contributed by atoms with van der Waals surface area (Å²) in [5.74, 6) is 0.777. The number of aromatic nitrogens is 2. The zero-order valence-electron chi connectivity index (χ0n) is 13.9. The summed E-state index contributed by atoms with van der Waals surface area (Å²) in [5.41, 5.74) is 2.94. The number of anilines is 2. The predicted molar refractivity (Wildman–Crippen MR) is 92.6 cm³/mol. The van der Waals surface area contributed by atoms with E-state index in [1.165, 1.54) is 11.3 Å². The van der Waals surface area contributed by atoms with Crippen LogP contribution in [0.5, 0.6) is 0 Å². The molecule has 1 fully saturated rings. The molecule has 0 unspecified atom stereocenters. The Morgan fingerprint density at radius 1 is 0.958 bits per heavy atom. The van der Waals surface area contributed by atoms with Crippen molar-refractivity contribution in [2.24, 2.45) is 0 Å². The van der Waals surface area contributed by atoms with Crippen molar-refractivity contribution in [2.75, 3.05) is 44.7 Å². The van der Waals surface area contributed by atoms with Crippen LogP contribution in [0.15, 0.2) is 36.4 Å². The molecular weight excluding hydrogens is 302 g/mol. The predicted octanol–water partition coefficient (Wildman–Crippen LogP) is 1.56. The lowest BCUT2D eigenvalue weighted by Crippen LogP contribution is -2.47. The Hall–Kier alpha value is -2.47. The van der Waals surface area contributed by atoms with Crippen molar-refractivity contribution in [2.45, 2.75) is 6.42 Å². The van der Waals surface area contributed by atoms with Crippen molar-refractivity contribution in [3.63, 3.8) is 0 Å². The molecule has 6 nitrogen and oxygen atoms in total. The van der Waals surface area contributed by atoms with Gasteiger partial charge in [0.05, 0.1) is 0 Å². The highest BCUT2D eigenvalue weighted by Gasteiger charge is 2.24. The van der Waals surface area contributed by atoms with Crippen LogP contribution in [0.25, 0.3) is 0 Å². The van der Waals surface area contributed by atoms with Crippen LogP contribution in [-0.2, 0) is 6.42 Å². The molecule has 0 saturated carbocycles. The first kappa shape index (κ1) is 15.1. The van der Waals surface area contributed by atoms with Gasteiger partial charge in [0.2, 0.25) is 0 Å². The quantitative estimate of drug-likeness (QED) is 0.839. The molecule has 6 heteroatoms. The van der Waals surface area contributed by atoms with E-state index in [0.717, 1.165) is 45.0 Å². The maximum absolute atomic E-state index is 12.5. The average Bonchev–Trinajstić information content (AvgIpc) is 3.06. The van der Waals surface area contributed by atoms with Gasteiger partial charge in [0, 0.05) is 38.4 Å². The number of carbonyl (C=O) groups excluding carboxylic acids is 1. The number of rotatable bonds is 2. The van der Waals surface area contributed by atoms with Crippen molar-refractivity contribution >= 4 is 17.4 Å². The Labute approximate surface area is 141 Å². The van der Waals surface area contributed by atoms with Gasteiger partial charge in [0.25, 0.3) is 5.91 Å². The number of para-hydroxylation sites is 1. The molecule has 1 aromatic heterocycles. The van der Waals surface area contributed by atoms with Gasteiger partial charge in [-0.05, 0) is 37.2 Å². The molecule has 0 aliphatic carbocycles. The van der Waals surface area contributed by atoms with Gasteiger partial charge in [-0.15, -0.1) is 10.2 Å². The Morgan fingerprint density at radius 3 is 2.50 bits per heavy atom. The molecule has 2 aliphatic heterocycles. The van der Waals surface area contributed by atoms with Crippen LogP contribution >= 0.6 is 0 Å². The van der Waals surface area contributed by atoms with E-state index in [2.05, 4.69) is 45.2 Å². The summed E-state index contributed by atoms with van der Waals surface area (Å²) >= 11 is 0. The highest BCUT2D eigenvalue weighted by atomic mass is 16.2. The molecule has 4 rings (SSSR count). The van der Waals surface area contributed by atoms with Gasteiger partial charge in [0.15, 0.2) is 11.5 Å². The standard InChI is InChI=1S/C18H21N5O/c1-21-10-12-22(13-11-21)18(24)15-6-7-17(20-19-15)23-9-8-14-4-2-3-5-16(14)23/h2-7H,8-13H2,1H3. The van der Waals surface area contributed by atoms with Crippen LogP contribution < -0.4 is 4.90 Å². The van der Waals surface area contributed by atoms with E-state index in [4.69, 9.17) is 0 Å². The monoisotopic (exact) mass is 323 g/mol. The fourth-order valence-corrected chi connectivity index (χ4v) is 3.33. The van der Waals surface area contributed by atoms with E-state index in [0.29, 0.717) is 5.69 Å². The van der Waals surface area contributed by atoms with Crippen molar-refractivity contribution < 1.29 is 4.79 Å². The Balaban J connectivity index is 1.50. The molecule has 0 N–H and O–H groups in total. The number of carbonyl (C=O) groups is 1. The Kier molecular flexibility index (Phi) is 3.90. The number of piperazine rings is 1. The minimum atomic E-state index is -0.0241. The van der Waals surface area contributed by atoms with Crippen molar-refractivity contribution in [3.8, 4) is 0 Å². The van der Waals surface area contributed by atoms with E-state index >= 15 is 0 Å². The summed E-state index contributed by atoms with van der Waals surface area (Å²) in [5, 5.41) is 8.50. The third-order valence-electron chi connectivity index (χ3n) is 4.82. The summed E-state index contributed by atoms with van der Waals surface area (Å²) in [7, 11) is 2.07. The minimum absolute atomic E-state index is 0.0241. The molecule has 3 heterocycles. The van der Waals surface area contributed by atoms with Crippen LogP contribution in [0.4, 0.5) is 11.5 Å². The number of hydrogen-bond acceptors (Lipinski definition) is 5. The number of hydrogen-bond donors (Lipinski definition) is 0. The Morgan fingerprint density at radius 2 is 1.75 bits per heavy atom. The molecule has 1 aromatic carbocycles. The van der Waals surface area contributed by atoms with E-state index in [-0.39, 0.29) is 5.91 Å². The van der Waals surface area contributed by atoms with Gasteiger partial charge in [-0.25, -0.2) is 0 Å². The zero-order valence-corrected chi connectivity index (χ0v) is 13.9. The van der Waals surface area contributed by atoms with E-state index in [9.17, 15) is 4.79 Å². The normalized spacial score (nSPS) is 17.9. The third kappa shape index (κ3) is 2.73. The van der Waals surface area contributed by atoms with E-state index in [1.54, 1.807) is 6.07 Å². The molecule has 1 saturated heterocycles. The fraction of sp³-hybridized carbons (Fsp3) is 0.389. The molecule has 24 heavy (non-hydrogen) atoms. The largest absolute Gasteiger partial charge is 0.335 e. The van der Waals surface area contributed by atoms with Gasteiger partial charge >= 0.3 is 0 Å². The van der Waals surface area contributed by atoms with Gasteiger partial charge in [-0.1, -0.05) is 18.2 Å². The summed E-state index contributed by atoms with van der Waals surface area (Å²) in [4.78, 5) is 18.8. The Bertz CT molecular complexity index is 737. The number of likely N-dealkylation sites (N-methyl/N-ethyl adjacent to an activating group) is 1. The molecule has 2 aromatic rings. The highest BCUT2D eigenvalue weighted by molar-refractivity contribution is 5.92. The van der Waals surface area contributed by atoms with E-state index in [1.807, 2.05) is 17.0 Å². The third-order valence-corrected chi connectivity index (χ3v) is 4.82. The van der Waals surface area contributed by atoms with E-state index < -0.39 is 0 Å². The summed E-state index contributed by atoms with van der Waals surface area (Å²) in [6.07, 6.45) is 1.01. The lowest BCUT2D eigenvalue weighted by atomic mass is 10.2. The van der Waals surface area contributed by atoms with Crippen LogP contribution in [0.2, 0.25) is 0 Å². The second kappa shape index (κ2) is 6.20. The van der Waals surface area contributed by atoms with Crippen LogP contribution in [0.3, 0.4) is 0 Å². The lowest BCUT2D eigenvalue weighted by Gasteiger charge is -2.32. The maximum Gasteiger partial charge on any atom is 0.274 e. The average molecular weight is 323 g/mol. The topological polar surface area (TPSA) is 52.6 Å². The molecule has 1 amide bonds. The van der Waals surface area contributed by atoms with Gasteiger partial charge < -0.3 is 14.7 Å². The maximum atomic E-state index is 12.5. The first-order valence-corrected chi connectivity index (χ1v) is 8.39. The van der Waals surface area contributed by atoms with Crippen molar-refractivity contribution in [1.29, 1.82) is 0 Å².